The van der Waals surface area contributed by atoms with Crippen molar-refractivity contribution in [3.8, 4) is 6.07 Å². The molecule has 2 saturated heterocycles. The van der Waals surface area contributed by atoms with Crippen molar-refractivity contribution in [1.82, 2.24) is 9.88 Å². The van der Waals surface area contributed by atoms with Crippen LogP contribution in [0.1, 0.15) is 49.8 Å². The van der Waals surface area contributed by atoms with Crippen LogP contribution in [0.5, 0.6) is 0 Å². The lowest BCUT2D eigenvalue weighted by Gasteiger charge is -2.29. The Morgan fingerprint density at radius 1 is 1.50 bits per heavy atom. The summed E-state index contributed by atoms with van der Waals surface area (Å²) in [7, 11) is 0. The highest BCUT2D eigenvalue weighted by Gasteiger charge is 2.59. The summed E-state index contributed by atoms with van der Waals surface area (Å²) in [5, 5.41) is 8.97. The number of pyridine rings is 1. The largest absolute Gasteiger partial charge is 0.332 e. The van der Waals surface area contributed by atoms with Crippen molar-refractivity contribution in [1.29, 1.82) is 5.26 Å². The van der Waals surface area contributed by atoms with Gasteiger partial charge in [-0.2, -0.15) is 5.26 Å². The van der Waals surface area contributed by atoms with Crippen LogP contribution >= 0.6 is 0 Å². The molecule has 0 aromatic carbocycles. The fourth-order valence-electron chi connectivity index (χ4n) is 3.82. The number of fused-ring (bicyclic) bond motifs is 1. The first-order chi connectivity index (χ1) is 10.5. The Kier molecular flexibility index (Phi) is 3.59. The third-order valence-electron chi connectivity index (χ3n) is 5.08. The van der Waals surface area contributed by atoms with Crippen LogP contribution in [-0.2, 0) is 4.79 Å². The molecule has 3 atom stereocenters. The van der Waals surface area contributed by atoms with Crippen LogP contribution in [0.4, 0.5) is 8.78 Å². The Labute approximate surface area is 127 Å². The van der Waals surface area contributed by atoms with Crippen molar-refractivity contribution >= 4 is 5.91 Å². The summed E-state index contributed by atoms with van der Waals surface area (Å²) in [5.41, 5.74) is -0.358. The van der Waals surface area contributed by atoms with Crippen LogP contribution in [0.15, 0.2) is 18.5 Å². The third kappa shape index (κ3) is 1.99. The summed E-state index contributed by atoms with van der Waals surface area (Å²) >= 11 is 0. The monoisotopic (exact) mass is 305 g/mol. The predicted molar refractivity (Wildman–Crippen MR) is 74.9 cm³/mol. The van der Waals surface area contributed by atoms with Gasteiger partial charge in [0.05, 0.1) is 11.6 Å². The topological polar surface area (TPSA) is 57.0 Å². The molecule has 1 aromatic rings. The number of nitrogens with zero attached hydrogens (tertiary/aromatic N) is 3. The molecule has 6 heteroatoms. The first-order valence-electron chi connectivity index (χ1n) is 7.49. The zero-order valence-corrected chi connectivity index (χ0v) is 12.3. The van der Waals surface area contributed by atoms with E-state index in [4.69, 9.17) is 5.26 Å². The minimum Gasteiger partial charge on any atom is -0.332 e. The van der Waals surface area contributed by atoms with E-state index >= 15 is 0 Å². The maximum absolute atomic E-state index is 13.5. The van der Waals surface area contributed by atoms with Crippen molar-refractivity contribution in [2.75, 3.05) is 0 Å². The van der Waals surface area contributed by atoms with E-state index in [2.05, 4.69) is 4.98 Å². The van der Waals surface area contributed by atoms with E-state index in [9.17, 15) is 13.6 Å². The molecule has 1 aromatic heterocycles. The van der Waals surface area contributed by atoms with Crippen molar-refractivity contribution < 1.29 is 13.6 Å². The molecule has 4 nitrogen and oxygen atoms in total. The van der Waals surface area contributed by atoms with Crippen LogP contribution in [0.25, 0.3) is 0 Å². The summed E-state index contributed by atoms with van der Waals surface area (Å²) in [4.78, 5) is 18.3. The molecular weight excluding hydrogens is 288 g/mol. The van der Waals surface area contributed by atoms with Crippen LogP contribution in [0.2, 0.25) is 0 Å². The molecule has 1 amide bonds. The second-order valence-corrected chi connectivity index (χ2v) is 6.09. The molecule has 0 spiro atoms. The van der Waals surface area contributed by atoms with Crippen molar-refractivity contribution in [2.45, 2.75) is 51.1 Å². The van der Waals surface area contributed by atoms with E-state index < -0.39 is 17.7 Å². The second-order valence-electron chi connectivity index (χ2n) is 6.09. The van der Waals surface area contributed by atoms with Gasteiger partial charge in [0.15, 0.2) is 0 Å². The van der Waals surface area contributed by atoms with Gasteiger partial charge in [-0.1, -0.05) is 6.92 Å². The number of amides is 1. The molecule has 0 radical (unpaired) electrons. The predicted octanol–water partition coefficient (Wildman–Crippen LogP) is 3.05. The Morgan fingerprint density at radius 2 is 2.27 bits per heavy atom. The summed E-state index contributed by atoms with van der Waals surface area (Å²) in [6.07, 6.45) is 2.27. The number of rotatable bonds is 3. The van der Waals surface area contributed by atoms with Gasteiger partial charge >= 0.3 is 0 Å². The third-order valence-corrected chi connectivity index (χ3v) is 5.08. The first kappa shape index (κ1) is 14.9. The molecule has 3 rings (SSSR count). The SMILES string of the molecule is CCC1(C(F)F)CC2CC[C@@H](c3cncc(C#N)c3)N2C1=O. The summed E-state index contributed by atoms with van der Waals surface area (Å²) in [6.45, 7) is 1.65. The number of carbonyl (C=O) groups is 1. The lowest BCUT2D eigenvalue weighted by molar-refractivity contribution is -0.146. The molecule has 2 unspecified atom stereocenters. The quantitative estimate of drug-likeness (QED) is 0.862. The number of aromatic nitrogens is 1. The second kappa shape index (κ2) is 5.31. The molecule has 3 heterocycles. The Bertz CT molecular complexity index is 643. The Morgan fingerprint density at radius 3 is 2.91 bits per heavy atom. The van der Waals surface area contributed by atoms with Gasteiger partial charge in [-0.05, 0) is 37.3 Å². The highest BCUT2D eigenvalue weighted by molar-refractivity contribution is 5.86. The number of nitriles is 1. The maximum Gasteiger partial charge on any atom is 0.252 e. The van der Waals surface area contributed by atoms with Gasteiger partial charge in [0.25, 0.3) is 6.43 Å². The van der Waals surface area contributed by atoms with Crippen molar-refractivity contribution in [3.05, 3.63) is 29.6 Å². The van der Waals surface area contributed by atoms with E-state index in [1.54, 1.807) is 24.1 Å². The zero-order chi connectivity index (χ0) is 15.9. The fraction of sp³-hybridized carbons (Fsp3) is 0.562. The molecule has 0 saturated carbocycles. The molecule has 2 aliphatic heterocycles. The van der Waals surface area contributed by atoms with Gasteiger partial charge in [-0.15, -0.1) is 0 Å². The number of carbonyl (C=O) groups excluding carboxylic acids is 1. The highest BCUT2D eigenvalue weighted by Crippen LogP contribution is 2.52. The van der Waals surface area contributed by atoms with Crippen LogP contribution < -0.4 is 0 Å². The first-order valence-corrected chi connectivity index (χ1v) is 7.49. The van der Waals surface area contributed by atoms with Crippen LogP contribution in [-0.4, -0.2) is 28.3 Å². The Balaban J connectivity index is 1.95. The van der Waals surface area contributed by atoms with E-state index in [-0.39, 0.29) is 24.9 Å². The van der Waals surface area contributed by atoms with Gasteiger partial charge in [-0.25, -0.2) is 8.78 Å². The minimum absolute atomic E-state index is 0.128. The molecule has 0 aliphatic carbocycles. The van der Waals surface area contributed by atoms with Crippen LogP contribution in [0, 0.1) is 16.7 Å². The van der Waals surface area contributed by atoms with E-state index in [1.165, 1.54) is 6.20 Å². The van der Waals surface area contributed by atoms with Crippen LogP contribution in [0.3, 0.4) is 0 Å². The summed E-state index contributed by atoms with van der Waals surface area (Å²) < 4.78 is 27.0. The molecule has 0 N–H and O–H groups in total. The molecule has 2 aliphatic rings. The standard InChI is InChI=1S/C16H17F2N3O/c1-2-16(14(17)18)6-12-3-4-13(21(12)15(16)22)11-5-10(7-19)8-20-9-11/h5,8-9,12-14H,2-4,6H2,1H3/t12?,13-,16?/m0/s1. The lowest BCUT2D eigenvalue weighted by atomic mass is 9.81. The van der Waals surface area contributed by atoms with Gasteiger partial charge in [-0.3, -0.25) is 9.78 Å². The number of halogens is 2. The van der Waals surface area contributed by atoms with Gasteiger partial charge in [0.1, 0.15) is 11.5 Å². The maximum atomic E-state index is 13.5. The van der Waals surface area contributed by atoms with Gasteiger partial charge in [0, 0.05) is 18.4 Å². The molecule has 116 valence electrons. The lowest BCUT2D eigenvalue weighted by Crippen LogP contribution is -2.40. The number of hydrogen-bond donors (Lipinski definition) is 0. The molecular formula is C16H17F2N3O. The Hall–Kier alpha value is -2.03. The molecule has 0 bridgehead atoms. The normalized spacial score (nSPS) is 30.7. The fourth-order valence-corrected chi connectivity index (χ4v) is 3.82. The van der Waals surface area contributed by atoms with Gasteiger partial charge < -0.3 is 4.90 Å². The highest BCUT2D eigenvalue weighted by atomic mass is 19.3. The van der Waals surface area contributed by atoms with E-state index in [1.807, 2.05) is 6.07 Å². The van der Waals surface area contributed by atoms with Gasteiger partial charge in [0.2, 0.25) is 5.91 Å². The summed E-state index contributed by atoms with van der Waals surface area (Å²) in [6, 6.07) is 3.34. The average molecular weight is 305 g/mol. The van der Waals surface area contributed by atoms with Crippen molar-refractivity contribution in [2.24, 2.45) is 5.41 Å². The average Bonchev–Trinajstić information content (AvgIpc) is 3.06. The van der Waals surface area contributed by atoms with E-state index in [0.717, 1.165) is 18.4 Å². The van der Waals surface area contributed by atoms with E-state index in [0.29, 0.717) is 5.56 Å². The minimum atomic E-state index is -2.64. The zero-order valence-electron chi connectivity index (χ0n) is 12.3. The smallest absolute Gasteiger partial charge is 0.252 e. The molecule has 22 heavy (non-hydrogen) atoms. The van der Waals surface area contributed by atoms with Crippen molar-refractivity contribution in [3.63, 3.8) is 0 Å². The molecule has 2 fully saturated rings. The summed E-state index contributed by atoms with van der Waals surface area (Å²) in [5.74, 6) is -0.445. The number of hydrogen-bond acceptors (Lipinski definition) is 3. The number of alkyl halides is 2.